The number of aliphatic hydroxyl groups is 2. The standard InChI is InChI=1S/C30H38F2N2O4.C28H33F2NO5/c1-17-6-7-20(38-17)15-34-14-18-10-21-22-12-24(31)23-11-19(35)8-9-27(23,2)30(22,32)25(36)13-28(21,3)29(18,16-34)26(37)33(4)5;1-15-4-5-18(36-15)13-31-12-16-8-19-20-10-22(29)21-9-17(32)6-7-25(21,2)28(20,30)23(33)11-26(19,3)27(16,14-31)24(34)35/h6-9,11,18,21-22,24-25,36H,10,12-16H2,1-5H3;4-7,9,16,19-20,22-23,33H,8,10-14H2,1-3H3,(H,34,35)/t18-,21-,22-,24-,25-,27-,28-,29+,30-;16-,19-,20-,22-,23-,25-,26-,27+,28-/m00/s1. The number of amides is 1. The van der Waals surface area contributed by atoms with Gasteiger partial charge in [0.1, 0.15) is 35.4 Å². The largest absolute Gasteiger partial charge is 0.481 e. The highest BCUT2D eigenvalue weighted by Crippen LogP contribution is 2.76. The van der Waals surface area contributed by atoms with Crippen LogP contribution >= 0.6 is 0 Å². The Morgan fingerprint density at radius 1 is 0.662 bits per heavy atom. The highest BCUT2D eigenvalue weighted by molar-refractivity contribution is 6.02. The molecule has 0 unspecified atom stereocenters. The van der Waals surface area contributed by atoms with Crippen molar-refractivity contribution in [1.29, 1.82) is 0 Å². The van der Waals surface area contributed by atoms with Crippen LogP contribution in [0.5, 0.6) is 0 Å². The van der Waals surface area contributed by atoms with E-state index < -0.39 is 92.1 Å². The number of halogens is 4. The van der Waals surface area contributed by atoms with Crippen LogP contribution in [0.2, 0.25) is 0 Å². The zero-order valence-corrected chi connectivity index (χ0v) is 43.7. The predicted octanol–water partition coefficient (Wildman–Crippen LogP) is 8.04. The molecule has 8 fully saturated rings. The summed E-state index contributed by atoms with van der Waals surface area (Å²) in [5.41, 5.74) is -10.6. The van der Waals surface area contributed by atoms with Gasteiger partial charge < -0.3 is 29.1 Å². The lowest BCUT2D eigenvalue weighted by atomic mass is 9.43. The fourth-order valence-electron chi connectivity index (χ4n) is 18.7. The van der Waals surface area contributed by atoms with Gasteiger partial charge in [-0.25, -0.2) is 17.6 Å². The molecule has 12 nitrogen and oxygen atoms in total. The average molecular weight is 1030 g/mol. The molecule has 12 rings (SSSR count). The van der Waals surface area contributed by atoms with Gasteiger partial charge in [-0.2, -0.15) is 0 Å². The minimum absolute atomic E-state index is 0.00764. The molecule has 0 bridgehead atoms. The Labute approximate surface area is 429 Å². The number of carboxylic acid groups (broad SMARTS) is 1. The van der Waals surface area contributed by atoms with E-state index in [-0.39, 0.29) is 78.6 Å². The molecule has 2 saturated heterocycles. The topological polar surface area (TPSA) is 165 Å². The molecule has 2 aliphatic heterocycles. The first kappa shape index (κ1) is 51.5. The van der Waals surface area contributed by atoms with Crippen molar-refractivity contribution in [3.8, 4) is 0 Å². The second-order valence-electron chi connectivity index (χ2n) is 25.4. The summed E-state index contributed by atoms with van der Waals surface area (Å²) < 4.78 is 77.8. The average Bonchev–Trinajstić information content (AvgIpc) is 4.22. The van der Waals surface area contributed by atoms with E-state index in [9.17, 15) is 34.5 Å². The molecule has 4 heterocycles. The van der Waals surface area contributed by atoms with Crippen molar-refractivity contribution in [2.24, 2.45) is 68.0 Å². The quantitative estimate of drug-likeness (QED) is 0.240. The maximum absolute atomic E-state index is 17.5. The van der Waals surface area contributed by atoms with Gasteiger partial charge in [-0.05, 0) is 160 Å². The van der Waals surface area contributed by atoms with E-state index in [2.05, 4.69) is 9.80 Å². The van der Waals surface area contributed by atoms with E-state index in [0.29, 0.717) is 45.6 Å². The molecular weight excluding hydrogens is 959 g/mol. The number of alkyl halides is 4. The van der Waals surface area contributed by atoms with Gasteiger partial charge in [-0.3, -0.25) is 29.0 Å². The Kier molecular flexibility index (Phi) is 11.6. The summed E-state index contributed by atoms with van der Waals surface area (Å²) in [5.74, 6) is -1.06. The summed E-state index contributed by atoms with van der Waals surface area (Å²) in [6, 6.07) is 7.65. The van der Waals surface area contributed by atoms with Gasteiger partial charge in [0.25, 0.3) is 0 Å². The number of nitrogens with zero attached hydrogens (tertiary/aromatic N) is 3. The number of carbonyl (C=O) groups is 4. The van der Waals surface area contributed by atoms with Crippen molar-refractivity contribution in [2.45, 2.75) is 129 Å². The van der Waals surface area contributed by atoms with E-state index in [1.807, 2.05) is 52.0 Å². The number of aliphatic carboxylic acids is 1. The van der Waals surface area contributed by atoms with Crippen molar-refractivity contribution < 1.29 is 60.9 Å². The van der Waals surface area contributed by atoms with E-state index >= 15 is 17.6 Å². The minimum Gasteiger partial charge on any atom is -0.481 e. The Morgan fingerprint density at radius 3 is 1.46 bits per heavy atom. The highest BCUT2D eigenvalue weighted by Gasteiger charge is 2.80. The van der Waals surface area contributed by atoms with Gasteiger partial charge in [-0.15, -0.1) is 0 Å². The van der Waals surface area contributed by atoms with E-state index in [1.165, 1.54) is 36.5 Å². The van der Waals surface area contributed by atoms with Crippen LogP contribution in [0.15, 0.2) is 80.7 Å². The highest BCUT2D eigenvalue weighted by atomic mass is 19.2. The van der Waals surface area contributed by atoms with Crippen molar-refractivity contribution >= 4 is 23.4 Å². The van der Waals surface area contributed by atoms with Crippen LogP contribution < -0.4 is 0 Å². The normalized spacial score (nSPS) is 46.7. The molecule has 0 spiro atoms. The van der Waals surface area contributed by atoms with Crippen LogP contribution in [-0.4, -0.2) is 130 Å². The molecule has 8 aliphatic carbocycles. The van der Waals surface area contributed by atoms with Gasteiger partial charge in [0.2, 0.25) is 5.91 Å². The van der Waals surface area contributed by atoms with E-state index in [1.54, 1.807) is 32.8 Å². The van der Waals surface area contributed by atoms with Gasteiger partial charge in [0.15, 0.2) is 22.9 Å². The van der Waals surface area contributed by atoms with Crippen molar-refractivity contribution in [2.75, 3.05) is 40.3 Å². The van der Waals surface area contributed by atoms with Gasteiger partial charge in [0, 0.05) is 62.9 Å². The summed E-state index contributed by atoms with van der Waals surface area (Å²) in [6.07, 6.45) is 2.86. The first-order valence-corrected chi connectivity index (χ1v) is 26.6. The van der Waals surface area contributed by atoms with Gasteiger partial charge in [0.05, 0.1) is 36.1 Å². The lowest BCUT2D eigenvalue weighted by Crippen LogP contribution is -2.70. The molecule has 1 amide bonds. The number of fused-ring (bicyclic) bond motifs is 14. The number of allylic oxidation sites excluding steroid dienone is 8. The van der Waals surface area contributed by atoms with E-state index in [4.69, 9.17) is 8.83 Å². The third-order valence-corrected chi connectivity index (χ3v) is 22.0. The van der Waals surface area contributed by atoms with Crippen LogP contribution in [0.4, 0.5) is 17.6 Å². The molecule has 0 aromatic carbocycles. The van der Waals surface area contributed by atoms with Crippen LogP contribution in [0.1, 0.15) is 89.3 Å². The number of aryl methyl sites for hydroxylation is 2. The molecule has 400 valence electrons. The van der Waals surface area contributed by atoms with E-state index in [0.717, 1.165) is 23.0 Å². The maximum atomic E-state index is 17.5. The summed E-state index contributed by atoms with van der Waals surface area (Å²) in [6.45, 7) is 13.8. The number of carboxylic acids is 1. The third kappa shape index (κ3) is 6.52. The summed E-state index contributed by atoms with van der Waals surface area (Å²) >= 11 is 0. The SMILES string of the molecule is Cc1ccc(CN2C[C@@H]3C[C@H]4[C@@H]5C[C@H](F)C6=CC(=O)C=C[C@]6(C)[C@@]5(F)[C@@H](O)C[C@]4(C)[C@]3(C(=O)N(C)C)C2)o1.Cc1ccc(CN2C[C@@H]3C[C@H]4[C@@H]5C[C@H](F)C6=CC(=O)C=C[C@]6(C)[C@@]5(F)[C@@H](O)C[C@]4(C)[C@]3(C(=O)O)C2)o1. The molecule has 18 atom stereocenters. The number of furan rings is 2. The van der Waals surface area contributed by atoms with Crippen molar-refractivity contribution in [3.63, 3.8) is 0 Å². The lowest BCUT2D eigenvalue weighted by molar-refractivity contribution is -0.215. The molecule has 6 saturated carbocycles. The number of hydrogen-bond acceptors (Lipinski definition) is 10. The Balaban J connectivity index is 0.000000159. The number of likely N-dealkylation sites (tertiary alicyclic amines) is 2. The van der Waals surface area contributed by atoms with Gasteiger partial charge >= 0.3 is 5.97 Å². The smallest absolute Gasteiger partial charge is 0.311 e. The monoisotopic (exact) mass is 1030 g/mol. The van der Waals surface area contributed by atoms with Crippen LogP contribution in [-0.2, 0) is 32.3 Å². The summed E-state index contributed by atoms with van der Waals surface area (Å²) in [5, 5.41) is 33.9. The molecule has 0 radical (unpaired) electrons. The Bertz CT molecular complexity index is 2840. The zero-order valence-electron chi connectivity index (χ0n) is 43.7. The molecule has 3 N–H and O–H groups in total. The number of carbonyl (C=O) groups excluding carboxylic acids is 3. The number of hydrogen-bond donors (Lipinski definition) is 3. The number of ketones is 2. The molecule has 2 aromatic heterocycles. The van der Waals surface area contributed by atoms with Crippen molar-refractivity contribution in [1.82, 2.24) is 14.7 Å². The third-order valence-electron chi connectivity index (χ3n) is 22.0. The van der Waals surface area contributed by atoms with Crippen LogP contribution in [0.25, 0.3) is 0 Å². The van der Waals surface area contributed by atoms with Crippen molar-refractivity contribution in [3.05, 3.63) is 94.9 Å². The first-order chi connectivity index (χ1) is 34.6. The minimum atomic E-state index is -2.19. The fourth-order valence-corrected chi connectivity index (χ4v) is 18.7. The summed E-state index contributed by atoms with van der Waals surface area (Å²) in [4.78, 5) is 57.2. The lowest BCUT2D eigenvalue weighted by Gasteiger charge is -2.63. The molecule has 10 aliphatic rings. The fraction of sp³-hybridized carbons (Fsp3) is 0.655. The van der Waals surface area contributed by atoms with Crippen LogP contribution in [0.3, 0.4) is 0 Å². The summed E-state index contributed by atoms with van der Waals surface area (Å²) in [7, 11) is 3.50. The first-order valence-electron chi connectivity index (χ1n) is 26.6. The maximum Gasteiger partial charge on any atom is 0.311 e. The Morgan fingerprint density at radius 2 is 1.07 bits per heavy atom. The number of rotatable bonds is 6. The molecular formula is C58H71F4N3O9. The molecule has 2 aromatic rings. The second-order valence-corrected chi connectivity index (χ2v) is 25.4. The zero-order chi connectivity index (χ0) is 53.2. The number of aliphatic hydroxyl groups excluding tert-OH is 2. The molecule has 74 heavy (non-hydrogen) atoms. The molecule has 16 heteroatoms. The second kappa shape index (κ2) is 16.7. The Hall–Kier alpha value is -4.64. The predicted molar refractivity (Wildman–Crippen MR) is 264 cm³/mol. The van der Waals surface area contributed by atoms with Crippen LogP contribution in [0, 0.1) is 81.8 Å². The van der Waals surface area contributed by atoms with Gasteiger partial charge in [-0.1, -0.05) is 26.0 Å².